The minimum atomic E-state index is -0.731. The van der Waals surface area contributed by atoms with Gasteiger partial charge in [0, 0.05) is 29.7 Å². The van der Waals surface area contributed by atoms with Crippen LogP contribution in [-0.2, 0) is 4.79 Å². The molecule has 3 N–H and O–H groups in total. The van der Waals surface area contributed by atoms with Crippen LogP contribution >= 0.6 is 11.6 Å². The third-order valence-electron chi connectivity index (χ3n) is 4.04. The van der Waals surface area contributed by atoms with Crippen molar-refractivity contribution in [2.24, 2.45) is 11.8 Å². The average Bonchev–Trinajstić information content (AvgIpc) is 2.66. The Hall–Kier alpha value is -0.420. The van der Waals surface area contributed by atoms with Crippen molar-refractivity contribution in [1.29, 1.82) is 0 Å². The van der Waals surface area contributed by atoms with Crippen molar-refractivity contribution in [2.45, 2.75) is 63.8 Å². The maximum Gasteiger partial charge on any atom is 0.120 e. The summed E-state index contributed by atoms with van der Waals surface area (Å²) in [5, 5.41) is 30.0. The van der Waals surface area contributed by atoms with Crippen molar-refractivity contribution in [3.8, 4) is 0 Å². The zero-order chi connectivity index (χ0) is 15.1. The molecule has 0 amide bonds. The van der Waals surface area contributed by atoms with Crippen molar-refractivity contribution in [2.75, 3.05) is 0 Å². The predicted octanol–water partition coefficient (Wildman–Crippen LogP) is 2.00. The number of carbonyl (C=O) groups is 1. The number of halogens is 1. The van der Waals surface area contributed by atoms with Gasteiger partial charge in [0.05, 0.1) is 18.3 Å². The molecule has 0 radical (unpaired) electrons. The van der Waals surface area contributed by atoms with E-state index < -0.39 is 18.3 Å². The fourth-order valence-corrected chi connectivity index (χ4v) is 3.06. The molecule has 0 aromatic rings. The largest absolute Gasteiger partial charge is 0.393 e. The SMILES string of the molecule is CCCCC[C@H](O)C(Cl)=C[C@H]1[C@H](CC=O)[C@H](O)C[C@@H]1O. The summed E-state index contributed by atoms with van der Waals surface area (Å²) < 4.78 is 0. The first-order valence-corrected chi connectivity index (χ1v) is 7.74. The molecule has 1 saturated carbocycles. The van der Waals surface area contributed by atoms with Crippen LogP contribution in [0.2, 0.25) is 0 Å². The fourth-order valence-electron chi connectivity index (χ4n) is 2.80. The average molecular weight is 305 g/mol. The standard InChI is InChI=1S/C15H25ClO4/c1-2-3-4-5-13(18)12(16)8-11-10(6-7-17)14(19)9-15(11)20/h7-8,10-11,13-15,18-20H,2-6,9H2,1H3/t10-,11-,13-,14+,15-/m0/s1. The Morgan fingerprint density at radius 1 is 1.35 bits per heavy atom. The van der Waals surface area contributed by atoms with Gasteiger partial charge in [0.2, 0.25) is 0 Å². The lowest BCUT2D eigenvalue weighted by molar-refractivity contribution is -0.109. The van der Waals surface area contributed by atoms with E-state index in [4.69, 9.17) is 11.6 Å². The minimum absolute atomic E-state index is 0.190. The summed E-state index contributed by atoms with van der Waals surface area (Å²) in [5.41, 5.74) is 0. The van der Waals surface area contributed by atoms with Gasteiger partial charge in [-0.15, -0.1) is 0 Å². The Morgan fingerprint density at radius 2 is 2.05 bits per heavy atom. The molecular formula is C15H25ClO4. The van der Waals surface area contributed by atoms with Gasteiger partial charge in [-0.25, -0.2) is 0 Å². The van der Waals surface area contributed by atoms with Gasteiger partial charge in [0.15, 0.2) is 0 Å². The summed E-state index contributed by atoms with van der Waals surface area (Å²) in [7, 11) is 0. The topological polar surface area (TPSA) is 77.8 Å². The van der Waals surface area contributed by atoms with E-state index in [1.807, 2.05) is 0 Å². The van der Waals surface area contributed by atoms with Crippen molar-refractivity contribution in [1.82, 2.24) is 0 Å². The van der Waals surface area contributed by atoms with E-state index in [0.29, 0.717) is 11.5 Å². The summed E-state index contributed by atoms with van der Waals surface area (Å²) in [6, 6.07) is 0. The molecule has 0 heterocycles. The summed E-state index contributed by atoms with van der Waals surface area (Å²) >= 11 is 6.10. The molecule has 4 nitrogen and oxygen atoms in total. The predicted molar refractivity (Wildman–Crippen MR) is 78.4 cm³/mol. The van der Waals surface area contributed by atoms with Crippen molar-refractivity contribution < 1.29 is 20.1 Å². The van der Waals surface area contributed by atoms with Crippen molar-refractivity contribution in [3.63, 3.8) is 0 Å². The normalized spacial score (nSPS) is 32.4. The van der Waals surface area contributed by atoms with E-state index in [0.717, 1.165) is 25.5 Å². The molecule has 0 bridgehead atoms. The lowest BCUT2D eigenvalue weighted by atomic mass is 9.90. The third-order valence-corrected chi connectivity index (χ3v) is 4.41. The smallest absolute Gasteiger partial charge is 0.120 e. The van der Waals surface area contributed by atoms with Gasteiger partial charge in [-0.1, -0.05) is 43.9 Å². The molecular weight excluding hydrogens is 280 g/mol. The van der Waals surface area contributed by atoms with Gasteiger partial charge in [-0.05, 0) is 6.42 Å². The van der Waals surface area contributed by atoms with Crippen LogP contribution in [-0.4, -0.2) is 39.9 Å². The van der Waals surface area contributed by atoms with Gasteiger partial charge < -0.3 is 20.1 Å². The van der Waals surface area contributed by atoms with Crippen LogP contribution in [0.1, 0.15) is 45.4 Å². The minimum Gasteiger partial charge on any atom is -0.393 e. The summed E-state index contributed by atoms with van der Waals surface area (Å²) in [6.45, 7) is 2.09. The maximum absolute atomic E-state index is 10.7. The lowest BCUT2D eigenvalue weighted by Gasteiger charge is -2.20. The number of hydrogen-bond acceptors (Lipinski definition) is 4. The first kappa shape index (κ1) is 17.6. The van der Waals surface area contributed by atoms with E-state index in [9.17, 15) is 20.1 Å². The molecule has 116 valence electrons. The monoisotopic (exact) mass is 304 g/mol. The molecule has 0 unspecified atom stereocenters. The van der Waals surface area contributed by atoms with Gasteiger partial charge in [-0.3, -0.25) is 0 Å². The number of carbonyl (C=O) groups excluding carboxylic acids is 1. The van der Waals surface area contributed by atoms with Crippen LogP contribution in [0.15, 0.2) is 11.1 Å². The number of rotatable bonds is 8. The number of aldehydes is 1. The first-order chi connectivity index (χ1) is 9.51. The van der Waals surface area contributed by atoms with Crippen molar-refractivity contribution in [3.05, 3.63) is 11.1 Å². The molecule has 0 saturated heterocycles. The van der Waals surface area contributed by atoms with Gasteiger partial charge in [-0.2, -0.15) is 0 Å². The second-order valence-electron chi connectivity index (χ2n) is 5.58. The number of hydrogen-bond donors (Lipinski definition) is 3. The highest BCUT2D eigenvalue weighted by atomic mass is 35.5. The molecule has 1 aliphatic rings. The lowest BCUT2D eigenvalue weighted by Crippen LogP contribution is -2.22. The molecule has 0 aromatic heterocycles. The van der Waals surface area contributed by atoms with Crippen LogP contribution in [0.25, 0.3) is 0 Å². The first-order valence-electron chi connectivity index (χ1n) is 7.36. The van der Waals surface area contributed by atoms with Gasteiger partial charge in [0.1, 0.15) is 6.29 Å². The highest BCUT2D eigenvalue weighted by Gasteiger charge is 2.40. The van der Waals surface area contributed by atoms with E-state index >= 15 is 0 Å². The van der Waals surface area contributed by atoms with Crippen LogP contribution in [0.5, 0.6) is 0 Å². The van der Waals surface area contributed by atoms with E-state index in [-0.39, 0.29) is 24.7 Å². The highest BCUT2D eigenvalue weighted by Crippen LogP contribution is 2.37. The van der Waals surface area contributed by atoms with E-state index in [1.54, 1.807) is 6.08 Å². The number of aliphatic hydroxyl groups excluding tert-OH is 3. The van der Waals surface area contributed by atoms with Crippen LogP contribution in [0, 0.1) is 11.8 Å². The van der Waals surface area contributed by atoms with E-state index in [1.165, 1.54) is 0 Å². The van der Waals surface area contributed by atoms with E-state index in [2.05, 4.69) is 6.92 Å². The zero-order valence-electron chi connectivity index (χ0n) is 11.9. The Labute approximate surface area is 125 Å². The fraction of sp³-hybridized carbons (Fsp3) is 0.800. The molecule has 20 heavy (non-hydrogen) atoms. The summed E-state index contributed by atoms with van der Waals surface area (Å²) in [4.78, 5) is 10.7. The number of unbranched alkanes of at least 4 members (excludes halogenated alkanes) is 2. The van der Waals surface area contributed by atoms with Crippen molar-refractivity contribution >= 4 is 17.9 Å². The Balaban J connectivity index is 2.66. The Morgan fingerprint density at radius 3 is 2.65 bits per heavy atom. The molecule has 5 heteroatoms. The molecule has 5 atom stereocenters. The van der Waals surface area contributed by atoms with Gasteiger partial charge >= 0.3 is 0 Å². The molecule has 1 rings (SSSR count). The van der Waals surface area contributed by atoms with Gasteiger partial charge in [0.25, 0.3) is 0 Å². The Bertz CT molecular complexity index is 332. The third kappa shape index (κ3) is 4.85. The second-order valence-corrected chi connectivity index (χ2v) is 6.01. The molecule has 0 aliphatic heterocycles. The van der Waals surface area contributed by atoms with Crippen LogP contribution in [0.3, 0.4) is 0 Å². The van der Waals surface area contributed by atoms with Crippen LogP contribution < -0.4 is 0 Å². The summed E-state index contributed by atoms with van der Waals surface area (Å²) in [6.07, 6.45) is 4.26. The molecule has 0 aromatic carbocycles. The maximum atomic E-state index is 10.7. The van der Waals surface area contributed by atoms with Crippen LogP contribution in [0.4, 0.5) is 0 Å². The second kappa shape index (κ2) is 8.78. The quantitative estimate of drug-likeness (QED) is 0.473. The molecule has 1 aliphatic carbocycles. The zero-order valence-corrected chi connectivity index (χ0v) is 12.7. The summed E-state index contributed by atoms with van der Waals surface area (Å²) in [5.74, 6) is -0.692. The Kier molecular flexibility index (Phi) is 7.74. The molecule has 1 fully saturated rings. The number of aliphatic hydroxyl groups is 3. The highest BCUT2D eigenvalue weighted by molar-refractivity contribution is 6.30. The molecule has 0 spiro atoms.